The van der Waals surface area contributed by atoms with Crippen LogP contribution in [0.4, 0.5) is 22.0 Å². The predicted octanol–water partition coefficient (Wildman–Crippen LogP) is 3.41. The summed E-state index contributed by atoms with van der Waals surface area (Å²) >= 11 is 0. The molecule has 1 saturated heterocycles. The Labute approximate surface area is 101 Å². The minimum Gasteiger partial charge on any atom is -0.316 e. The highest BCUT2D eigenvalue weighted by atomic mass is 19.4. The van der Waals surface area contributed by atoms with Crippen molar-refractivity contribution in [2.45, 2.75) is 18.5 Å². The van der Waals surface area contributed by atoms with Gasteiger partial charge in [-0.25, -0.2) is 8.78 Å². The van der Waals surface area contributed by atoms with Gasteiger partial charge >= 0.3 is 6.18 Å². The topological polar surface area (TPSA) is 12.0 Å². The van der Waals surface area contributed by atoms with Gasteiger partial charge in [0.25, 0.3) is 5.92 Å². The largest absolute Gasteiger partial charge is 0.416 e. The van der Waals surface area contributed by atoms with Gasteiger partial charge in [0, 0.05) is 12.0 Å². The summed E-state index contributed by atoms with van der Waals surface area (Å²) in [5.74, 6) is -3.39. The van der Waals surface area contributed by atoms with Crippen molar-refractivity contribution in [2.24, 2.45) is 5.92 Å². The van der Waals surface area contributed by atoms with Crippen molar-refractivity contribution in [2.75, 3.05) is 13.1 Å². The molecule has 1 aliphatic heterocycles. The first kappa shape index (κ1) is 13.3. The number of halogens is 5. The number of rotatable bonds is 3. The van der Waals surface area contributed by atoms with Gasteiger partial charge in [-0.05, 0) is 31.1 Å². The van der Waals surface area contributed by atoms with Crippen LogP contribution in [0.15, 0.2) is 24.3 Å². The molecule has 0 radical (unpaired) electrons. The average Bonchev–Trinajstić information content (AvgIpc) is 2.23. The summed E-state index contributed by atoms with van der Waals surface area (Å²) in [5, 5.41) is 2.86. The fourth-order valence-electron chi connectivity index (χ4n) is 1.90. The molecule has 0 atom stereocenters. The van der Waals surface area contributed by atoms with Crippen LogP contribution in [0.3, 0.4) is 0 Å². The number of alkyl halides is 5. The zero-order valence-corrected chi connectivity index (χ0v) is 9.40. The third kappa shape index (κ3) is 2.80. The molecule has 2 rings (SSSR count). The predicted molar refractivity (Wildman–Crippen MR) is 56.3 cm³/mol. The third-order valence-corrected chi connectivity index (χ3v) is 3.02. The first-order chi connectivity index (χ1) is 8.29. The summed E-state index contributed by atoms with van der Waals surface area (Å²) in [4.78, 5) is 0. The summed E-state index contributed by atoms with van der Waals surface area (Å²) in [6, 6.07) is 3.39. The number of hydrogen-bond donors (Lipinski definition) is 1. The first-order valence-electron chi connectivity index (χ1n) is 5.55. The van der Waals surface area contributed by atoms with E-state index in [4.69, 9.17) is 0 Å². The molecule has 100 valence electrons. The fourth-order valence-corrected chi connectivity index (χ4v) is 1.90. The van der Waals surface area contributed by atoms with Gasteiger partial charge in [-0.2, -0.15) is 13.2 Å². The molecule has 1 heterocycles. The maximum Gasteiger partial charge on any atom is 0.416 e. The standard InChI is InChI=1S/C12H12F5N/c13-11(14,5-8-6-18-7-8)9-2-1-3-10(4-9)12(15,16)17/h1-4,8,18H,5-7H2. The molecule has 0 unspecified atom stereocenters. The smallest absolute Gasteiger partial charge is 0.316 e. The molecule has 6 heteroatoms. The lowest BCUT2D eigenvalue weighted by Crippen LogP contribution is -2.44. The Morgan fingerprint density at radius 3 is 2.17 bits per heavy atom. The Bertz CT molecular complexity index is 423. The van der Waals surface area contributed by atoms with Crippen molar-refractivity contribution < 1.29 is 22.0 Å². The van der Waals surface area contributed by atoms with Gasteiger partial charge in [-0.15, -0.1) is 0 Å². The van der Waals surface area contributed by atoms with Crippen molar-refractivity contribution in [3.05, 3.63) is 35.4 Å². The van der Waals surface area contributed by atoms with E-state index < -0.39 is 29.6 Å². The van der Waals surface area contributed by atoms with Gasteiger partial charge < -0.3 is 5.32 Å². The van der Waals surface area contributed by atoms with E-state index in [1.165, 1.54) is 0 Å². The molecular weight excluding hydrogens is 253 g/mol. The van der Waals surface area contributed by atoms with Gasteiger partial charge in [0.1, 0.15) is 0 Å². The van der Waals surface area contributed by atoms with Crippen LogP contribution < -0.4 is 5.32 Å². The monoisotopic (exact) mass is 265 g/mol. The molecule has 0 saturated carbocycles. The summed E-state index contributed by atoms with van der Waals surface area (Å²) in [6.07, 6.45) is -5.01. The second-order valence-electron chi connectivity index (χ2n) is 4.51. The van der Waals surface area contributed by atoms with E-state index in [1.54, 1.807) is 0 Å². The molecule has 18 heavy (non-hydrogen) atoms. The van der Waals surface area contributed by atoms with E-state index >= 15 is 0 Å². The number of hydrogen-bond acceptors (Lipinski definition) is 1. The van der Waals surface area contributed by atoms with Crippen molar-refractivity contribution in [3.63, 3.8) is 0 Å². The van der Waals surface area contributed by atoms with Crippen LogP contribution >= 0.6 is 0 Å². The summed E-state index contributed by atoms with van der Waals surface area (Å²) in [6.45, 7) is 0.989. The Kier molecular flexibility index (Phi) is 3.31. The van der Waals surface area contributed by atoms with Crippen LogP contribution in [0.2, 0.25) is 0 Å². The second-order valence-corrected chi connectivity index (χ2v) is 4.51. The zero-order valence-electron chi connectivity index (χ0n) is 9.40. The van der Waals surface area contributed by atoms with Crippen LogP contribution in [0.5, 0.6) is 0 Å². The van der Waals surface area contributed by atoms with E-state index in [1.807, 2.05) is 0 Å². The van der Waals surface area contributed by atoms with Gasteiger partial charge in [-0.3, -0.25) is 0 Å². The van der Waals surface area contributed by atoms with E-state index in [0.29, 0.717) is 19.2 Å². The molecular formula is C12H12F5N. The lowest BCUT2D eigenvalue weighted by molar-refractivity contribution is -0.137. The molecule has 1 N–H and O–H groups in total. The lowest BCUT2D eigenvalue weighted by atomic mass is 9.91. The van der Waals surface area contributed by atoms with E-state index in [2.05, 4.69) is 5.32 Å². The highest BCUT2D eigenvalue weighted by molar-refractivity contribution is 5.28. The van der Waals surface area contributed by atoms with Crippen LogP contribution in [0.25, 0.3) is 0 Å². The summed E-state index contributed by atoms with van der Waals surface area (Å²) in [7, 11) is 0. The normalized spacial score (nSPS) is 17.6. The Hall–Kier alpha value is -1.17. The van der Waals surface area contributed by atoms with Gasteiger partial charge in [-0.1, -0.05) is 12.1 Å². The summed E-state index contributed by atoms with van der Waals surface area (Å²) < 4.78 is 64.9. The van der Waals surface area contributed by atoms with Crippen LogP contribution in [0, 0.1) is 5.92 Å². The van der Waals surface area contributed by atoms with E-state index in [0.717, 1.165) is 18.2 Å². The lowest BCUT2D eigenvalue weighted by Gasteiger charge is -2.31. The van der Waals surface area contributed by atoms with Crippen molar-refractivity contribution >= 4 is 0 Å². The molecule has 0 spiro atoms. The Morgan fingerprint density at radius 2 is 1.67 bits per heavy atom. The van der Waals surface area contributed by atoms with E-state index in [-0.39, 0.29) is 5.92 Å². The number of nitrogens with one attached hydrogen (secondary N) is 1. The maximum absolute atomic E-state index is 13.8. The molecule has 0 aromatic heterocycles. The highest BCUT2D eigenvalue weighted by Gasteiger charge is 2.38. The Balaban J connectivity index is 2.20. The molecule has 1 fully saturated rings. The molecule has 0 bridgehead atoms. The van der Waals surface area contributed by atoms with Gasteiger partial charge in [0.2, 0.25) is 0 Å². The molecule has 1 nitrogen and oxygen atoms in total. The second kappa shape index (κ2) is 4.50. The Morgan fingerprint density at radius 1 is 1.06 bits per heavy atom. The van der Waals surface area contributed by atoms with E-state index in [9.17, 15) is 22.0 Å². The SMILES string of the molecule is FC(F)(F)c1cccc(C(F)(F)CC2CNC2)c1. The molecule has 1 aromatic rings. The first-order valence-corrected chi connectivity index (χ1v) is 5.55. The molecule has 1 aliphatic rings. The molecule has 0 amide bonds. The zero-order chi connectivity index (χ0) is 13.4. The van der Waals surface area contributed by atoms with Crippen LogP contribution in [-0.2, 0) is 12.1 Å². The quantitative estimate of drug-likeness (QED) is 0.826. The molecule has 0 aliphatic carbocycles. The van der Waals surface area contributed by atoms with Crippen molar-refractivity contribution in [3.8, 4) is 0 Å². The minimum absolute atomic E-state index is 0.172. The fraction of sp³-hybridized carbons (Fsp3) is 0.500. The van der Waals surface area contributed by atoms with Gasteiger partial charge in [0.05, 0.1) is 5.56 Å². The maximum atomic E-state index is 13.8. The third-order valence-electron chi connectivity index (χ3n) is 3.02. The highest BCUT2D eigenvalue weighted by Crippen LogP contribution is 2.38. The van der Waals surface area contributed by atoms with Crippen molar-refractivity contribution in [1.29, 1.82) is 0 Å². The summed E-state index contributed by atoms with van der Waals surface area (Å²) in [5.41, 5.74) is -1.60. The van der Waals surface area contributed by atoms with Crippen LogP contribution in [-0.4, -0.2) is 13.1 Å². The average molecular weight is 265 g/mol. The molecule has 1 aromatic carbocycles. The number of benzene rings is 1. The van der Waals surface area contributed by atoms with Crippen molar-refractivity contribution in [1.82, 2.24) is 5.32 Å². The van der Waals surface area contributed by atoms with Crippen LogP contribution in [0.1, 0.15) is 17.5 Å². The van der Waals surface area contributed by atoms with Gasteiger partial charge in [0.15, 0.2) is 0 Å². The minimum atomic E-state index is -4.59.